The number of rotatable bonds is 5. The molecule has 0 spiro atoms. The highest BCUT2D eigenvalue weighted by atomic mass is 19.1. The van der Waals surface area contributed by atoms with Crippen LogP contribution in [0.2, 0.25) is 0 Å². The molecule has 0 aromatic heterocycles. The molecule has 116 valence electrons. The average Bonchev–Trinajstić information content (AvgIpc) is 2.47. The lowest BCUT2D eigenvalue weighted by Gasteiger charge is -2.38. The second kappa shape index (κ2) is 6.54. The lowest BCUT2D eigenvalue weighted by molar-refractivity contribution is -0.159. The number of aliphatic carboxylic acids is 1. The highest BCUT2D eigenvalue weighted by Crippen LogP contribution is 2.32. The number of carboxylic acids is 1. The fourth-order valence-electron chi connectivity index (χ4n) is 2.88. The van der Waals surface area contributed by atoms with Crippen LogP contribution < -0.4 is 0 Å². The van der Waals surface area contributed by atoms with Gasteiger partial charge in [-0.2, -0.15) is 0 Å². The van der Waals surface area contributed by atoms with Crippen molar-refractivity contribution in [3.05, 3.63) is 35.6 Å². The first-order chi connectivity index (χ1) is 9.96. The van der Waals surface area contributed by atoms with Crippen LogP contribution in [0.4, 0.5) is 4.39 Å². The molecule has 1 aliphatic rings. The van der Waals surface area contributed by atoms with Crippen LogP contribution in [0.1, 0.15) is 31.4 Å². The number of nitrogens with zero attached hydrogens (tertiary/aromatic N) is 1. The summed E-state index contributed by atoms with van der Waals surface area (Å²) in [5.41, 5.74) is -0.316. The predicted octanol–water partition coefficient (Wildman–Crippen LogP) is 2.70. The minimum absolute atomic E-state index is 0.190. The third-order valence-electron chi connectivity index (χ3n) is 4.34. The minimum Gasteiger partial charge on any atom is -0.481 e. The van der Waals surface area contributed by atoms with Gasteiger partial charge in [-0.15, -0.1) is 0 Å². The Morgan fingerprint density at radius 1 is 1.52 bits per heavy atom. The molecule has 0 aliphatic carbocycles. The van der Waals surface area contributed by atoms with E-state index >= 15 is 0 Å². The largest absolute Gasteiger partial charge is 0.481 e. The van der Waals surface area contributed by atoms with Crippen LogP contribution in [-0.4, -0.2) is 42.8 Å². The third kappa shape index (κ3) is 3.41. The first kappa shape index (κ1) is 15.9. The van der Waals surface area contributed by atoms with Gasteiger partial charge in [-0.1, -0.05) is 18.2 Å². The molecule has 2 rings (SSSR count). The Morgan fingerprint density at radius 3 is 2.81 bits per heavy atom. The average molecular weight is 295 g/mol. The van der Waals surface area contributed by atoms with E-state index in [-0.39, 0.29) is 18.5 Å². The molecule has 2 atom stereocenters. The molecular formula is C16H22FNO3. The Morgan fingerprint density at radius 2 is 2.24 bits per heavy atom. The van der Waals surface area contributed by atoms with Crippen molar-refractivity contribution in [2.24, 2.45) is 5.41 Å². The first-order valence-corrected chi connectivity index (χ1v) is 7.22. The molecule has 0 radical (unpaired) electrons. The van der Waals surface area contributed by atoms with E-state index in [0.29, 0.717) is 25.1 Å². The zero-order valence-corrected chi connectivity index (χ0v) is 12.5. The molecular weight excluding hydrogens is 273 g/mol. The molecule has 1 aliphatic heterocycles. The smallest absolute Gasteiger partial charge is 0.313 e. The van der Waals surface area contributed by atoms with Crippen LogP contribution in [0.5, 0.6) is 0 Å². The molecule has 0 saturated carbocycles. The van der Waals surface area contributed by atoms with E-state index in [0.717, 1.165) is 6.42 Å². The summed E-state index contributed by atoms with van der Waals surface area (Å²) in [5, 5.41) is 9.56. The number of hydrogen-bond donors (Lipinski definition) is 1. The fraction of sp³-hybridized carbons (Fsp3) is 0.562. The van der Waals surface area contributed by atoms with Crippen molar-refractivity contribution in [3.63, 3.8) is 0 Å². The Labute approximate surface area is 124 Å². The van der Waals surface area contributed by atoms with Gasteiger partial charge >= 0.3 is 5.97 Å². The van der Waals surface area contributed by atoms with Crippen molar-refractivity contribution in [2.75, 3.05) is 26.8 Å². The molecule has 0 bridgehead atoms. The summed E-state index contributed by atoms with van der Waals surface area (Å²) in [4.78, 5) is 13.5. The van der Waals surface area contributed by atoms with Crippen molar-refractivity contribution in [1.29, 1.82) is 0 Å². The minimum atomic E-state index is -0.896. The van der Waals surface area contributed by atoms with Gasteiger partial charge in [0.15, 0.2) is 0 Å². The number of carbonyl (C=O) groups is 1. The molecule has 0 amide bonds. The van der Waals surface area contributed by atoms with Crippen LogP contribution in [0.15, 0.2) is 24.3 Å². The maximum absolute atomic E-state index is 13.9. The Balaban J connectivity index is 2.14. The molecule has 1 fully saturated rings. The second-order valence-electron chi connectivity index (χ2n) is 5.85. The van der Waals surface area contributed by atoms with Crippen molar-refractivity contribution < 1.29 is 19.0 Å². The lowest BCUT2D eigenvalue weighted by atomic mass is 9.81. The number of halogens is 1. The predicted molar refractivity (Wildman–Crippen MR) is 77.6 cm³/mol. The summed E-state index contributed by atoms with van der Waals surface area (Å²) in [6.07, 6.45) is 1.34. The second-order valence-corrected chi connectivity index (χ2v) is 5.85. The molecule has 5 heteroatoms. The number of carboxylic acid groups (broad SMARTS) is 1. The maximum Gasteiger partial charge on any atom is 0.313 e. The topological polar surface area (TPSA) is 49.8 Å². The Bertz CT molecular complexity index is 500. The highest BCUT2D eigenvalue weighted by molar-refractivity contribution is 5.75. The van der Waals surface area contributed by atoms with Crippen molar-refractivity contribution in [3.8, 4) is 0 Å². The van der Waals surface area contributed by atoms with Gasteiger partial charge in [-0.25, -0.2) is 4.39 Å². The van der Waals surface area contributed by atoms with Crippen LogP contribution in [0.3, 0.4) is 0 Å². The van der Waals surface area contributed by atoms with E-state index < -0.39 is 11.4 Å². The molecule has 4 nitrogen and oxygen atoms in total. The van der Waals surface area contributed by atoms with Crippen LogP contribution >= 0.6 is 0 Å². The van der Waals surface area contributed by atoms with Gasteiger partial charge in [0.1, 0.15) is 11.2 Å². The quantitative estimate of drug-likeness (QED) is 0.907. The summed E-state index contributed by atoms with van der Waals surface area (Å²) in [5.74, 6) is -1.10. The molecule has 2 unspecified atom stereocenters. The zero-order valence-electron chi connectivity index (χ0n) is 12.5. The molecule has 1 saturated heterocycles. The van der Waals surface area contributed by atoms with Gasteiger partial charge in [0.25, 0.3) is 0 Å². The molecule has 1 N–H and O–H groups in total. The van der Waals surface area contributed by atoms with E-state index in [1.54, 1.807) is 18.2 Å². The summed E-state index contributed by atoms with van der Waals surface area (Å²) in [6, 6.07) is 6.42. The van der Waals surface area contributed by atoms with Crippen LogP contribution in [0, 0.1) is 11.2 Å². The van der Waals surface area contributed by atoms with Crippen molar-refractivity contribution in [2.45, 2.75) is 25.8 Å². The zero-order chi connectivity index (χ0) is 15.5. The summed E-state index contributed by atoms with van der Waals surface area (Å²) in [7, 11) is 1.83. The van der Waals surface area contributed by atoms with E-state index in [1.807, 2.05) is 18.9 Å². The van der Waals surface area contributed by atoms with Crippen LogP contribution in [0.25, 0.3) is 0 Å². The summed E-state index contributed by atoms with van der Waals surface area (Å²) < 4.78 is 19.2. The van der Waals surface area contributed by atoms with Gasteiger partial charge in [0.05, 0.1) is 6.61 Å². The SMILES string of the molecule is CC(c1ccccc1F)N(C)CC1(C(=O)O)CCCOC1. The highest BCUT2D eigenvalue weighted by Gasteiger charge is 2.42. The number of ether oxygens (including phenoxy) is 1. The number of benzene rings is 1. The molecule has 1 aromatic carbocycles. The monoisotopic (exact) mass is 295 g/mol. The molecule has 1 aromatic rings. The fourth-order valence-corrected chi connectivity index (χ4v) is 2.88. The van der Waals surface area contributed by atoms with Gasteiger partial charge in [-0.3, -0.25) is 9.69 Å². The van der Waals surface area contributed by atoms with E-state index in [1.165, 1.54) is 6.07 Å². The molecule has 21 heavy (non-hydrogen) atoms. The van der Waals surface area contributed by atoms with E-state index in [2.05, 4.69) is 0 Å². The van der Waals surface area contributed by atoms with E-state index in [4.69, 9.17) is 4.74 Å². The maximum atomic E-state index is 13.9. The van der Waals surface area contributed by atoms with Gasteiger partial charge in [0, 0.05) is 24.8 Å². The van der Waals surface area contributed by atoms with Crippen molar-refractivity contribution >= 4 is 5.97 Å². The Kier molecular flexibility index (Phi) is 4.96. The van der Waals surface area contributed by atoms with Crippen LogP contribution in [-0.2, 0) is 9.53 Å². The van der Waals surface area contributed by atoms with Crippen molar-refractivity contribution in [1.82, 2.24) is 4.90 Å². The number of hydrogen-bond acceptors (Lipinski definition) is 3. The molecule has 1 heterocycles. The van der Waals surface area contributed by atoms with Gasteiger partial charge < -0.3 is 9.84 Å². The normalized spacial score (nSPS) is 24.0. The lowest BCUT2D eigenvalue weighted by Crippen LogP contribution is -2.48. The first-order valence-electron chi connectivity index (χ1n) is 7.22. The van der Waals surface area contributed by atoms with Gasteiger partial charge in [0.2, 0.25) is 0 Å². The Hall–Kier alpha value is -1.46. The van der Waals surface area contributed by atoms with E-state index in [9.17, 15) is 14.3 Å². The van der Waals surface area contributed by atoms with Gasteiger partial charge in [-0.05, 0) is 32.9 Å². The third-order valence-corrected chi connectivity index (χ3v) is 4.34. The summed E-state index contributed by atoms with van der Waals surface area (Å²) >= 11 is 0. The summed E-state index contributed by atoms with van der Waals surface area (Å²) in [6.45, 7) is 3.06. The standard InChI is InChI=1S/C16H22FNO3/c1-12(13-6-3-4-7-14(13)17)18(2)10-16(15(19)20)8-5-9-21-11-16/h3-4,6-7,12H,5,8-11H2,1-2H3,(H,19,20).